The molecule has 3 atom stereocenters. The molecule has 4 heterocycles. The second-order valence-electron chi connectivity index (χ2n) is 14.1. The van der Waals surface area contributed by atoms with Crippen molar-refractivity contribution in [3.63, 3.8) is 0 Å². The number of ether oxygens (including phenoxy) is 1. The van der Waals surface area contributed by atoms with Gasteiger partial charge in [0.2, 0.25) is 5.95 Å². The maximum atomic E-state index is 13.6. The molecule has 11 nitrogen and oxygen atoms in total. The molecule has 49 heavy (non-hydrogen) atoms. The molecular weight excluding hydrogens is 640 g/mol. The summed E-state index contributed by atoms with van der Waals surface area (Å²) >= 11 is 6.26. The van der Waals surface area contributed by atoms with Gasteiger partial charge in [0, 0.05) is 29.1 Å². The van der Waals surface area contributed by atoms with Gasteiger partial charge in [0.05, 0.1) is 30.2 Å². The molecule has 3 aromatic heterocycles. The van der Waals surface area contributed by atoms with Crippen molar-refractivity contribution in [3.05, 3.63) is 94.3 Å². The molecule has 256 valence electrons. The number of rotatable bonds is 7. The topological polar surface area (TPSA) is 122 Å². The van der Waals surface area contributed by atoms with Crippen LogP contribution in [-0.2, 0) is 12.0 Å². The molecule has 1 aliphatic carbocycles. The highest BCUT2D eigenvalue weighted by molar-refractivity contribution is 6.31. The van der Waals surface area contributed by atoms with Crippen LogP contribution in [0, 0.1) is 0 Å². The van der Waals surface area contributed by atoms with Crippen LogP contribution in [-0.4, -0.2) is 48.1 Å². The minimum Gasteiger partial charge on any atom is -0.484 e. The fourth-order valence-electron chi connectivity index (χ4n) is 6.87. The van der Waals surface area contributed by atoms with E-state index in [0.29, 0.717) is 34.6 Å². The molecule has 1 saturated heterocycles. The lowest BCUT2D eigenvalue weighted by molar-refractivity contribution is 0.171. The number of piperidine rings is 1. The number of aliphatic hydroxyl groups is 1. The highest BCUT2D eigenvalue weighted by Gasteiger charge is 2.31. The standard InChI is InChI=1S/C37H43ClN8O3/c1-23-9-7-8-18-44(23)36-42-41-33-17-13-26(21-45(33)36)49-31-16-15-30(27-10-5-6-11-28(27)31)39-35(48)40-34-20-32(37(2,3)4)43-46(34)25-12-14-29(38)24(19-25)22-47/h5-6,10-14,17,19-21,23,30-31,47H,7-9,15-16,18,22H2,1-4H3,(H2,39,40,48)/t23?,30-,31+/m0/s1. The third kappa shape index (κ3) is 6.69. The van der Waals surface area contributed by atoms with Crippen molar-refractivity contribution < 1.29 is 14.6 Å². The summed E-state index contributed by atoms with van der Waals surface area (Å²) in [5.41, 5.74) is 4.69. The van der Waals surface area contributed by atoms with Crippen LogP contribution in [0.5, 0.6) is 5.75 Å². The maximum Gasteiger partial charge on any atom is 0.320 e. The Balaban J connectivity index is 1.09. The lowest BCUT2D eigenvalue weighted by Crippen LogP contribution is -2.38. The fourth-order valence-corrected chi connectivity index (χ4v) is 7.04. The van der Waals surface area contributed by atoms with Crippen LogP contribution in [0.15, 0.2) is 66.9 Å². The Morgan fingerprint density at radius 1 is 1.02 bits per heavy atom. The fraction of sp³-hybridized carbons (Fsp3) is 0.405. The number of anilines is 2. The molecule has 3 N–H and O–H groups in total. The van der Waals surface area contributed by atoms with E-state index >= 15 is 0 Å². The zero-order valence-electron chi connectivity index (χ0n) is 28.4. The zero-order chi connectivity index (χ0) is 34.3. The van der Waals surface area contributed by atoms with E-state index in [9.17, 15) is 9.90 Å². The zero-order valence-corrected chi connectivity index (χ0v) is 29.1. The van der Waals surface area contributed by atoms with Gasteiger partial charge < -0.3 is 20.1 Å². The summed E-state index contributed by atoms with van der Waals surface area (Å²) in [7, 11) is 0. The third-order valence-corrected chi connectivity index (χ3v) is 9.97. The van der Waals surface area contributed by atoms with E-state index in [1.54, 1.807) is 16.8 Å². The Morgan fingerprint density at radius 2 is 1.84 bits per heavy atom. The monoisotopic (exact) mass is 682 g/mol. The van der Waals surface area contributed by atoms with Gasteiger partial charge in [-0.05, 0) is 86.1 Å². The first-order valence-electron chi connectivity index (χ1n) is 17.0. The Morgan fingerprint density at radius 3 is 2.61 bits per heavy atom. The molecule has 2 aromatic carbocycles. The van der Waals surface area contributed by atoms with E-state index < -0.39 is 0 Å². The minimum atomic E-state index is -0.338. The number of nitrogens with one attached hydrogen (secondary N) is 2. The molecule has 12 heteroatoms. The number of amides is 2. The molecule has 1 fully saturated rings. The first kappa shape index (κ1) is 32.9. The Bertz CT molecular complexity index is 1980. The van der Waals surface area contributed by atoms with Crippen LogP contribution in [0.4, 0.5) is 16.6 Å². The van der Waals surface area contributed by atoms with Gasteiger partial charge in [-0.25, -0.2) is 9.48 Å². The lowest BCUT2D eigenvalue weighted by Gasteiger charge is -2.33. The number of nitrogens with zero attached hydrogens (tertiary/aromatic N) is 6. The number of halogens is 1. The van der Waals surface area contributed by atoms with Crippen LogP contribution in [0.1, 0.15) is 94.3 Å². The van der Waals surface area contributed by atoms with E-state index in [1.807, 2.05) is 47.0 Å². The van der Waals surface area contributed by atoms with Crippen molar-refractivity contribution in [3.8, 4) is 11.4 Å². The number of carbonyl (C=O) groups excluding carboxylic acids is 1. The van der Waals surface area contributed by atoms with Crippen LogP contribution in [0.25, 0.3) is 11.3 Å². The normalized spacial score (nSPS) is 19.5. The van der Waals surface area contributed by atoms with E-state index in [0.717, 1.165) is 60.0 Å². The van der Waals surface area contributed by atoms with Gasteiger partial charge in [-0.3, -0.25) is 9.72 Å². The van der Waals surface area contributed by atoms with Gasteiger partial charge in [0.15, 0.2) is 5.65 Å². The number of pyridine rings is 1. The summed E-state index contributed by atoms with van der Waals surface area (Å²) < 4.78 is 10.4. The Kier molecular flexibility index (Phi) is 8.97. The Labute approximate surface area is 291 Å². The van der Waals surface area contributed by atoms with E-state index in [4.69, 9.17) is 21.4 Å². The first-order chi connectivity index (χ1) is 23.6. The molecule has 1 aliphatic heterocycles. The lowest BCUT2D eigenvalue weighted by atomic mass is 9.85. The molecule has 0 spiro atoms. The van der Waals surface area contributed by atoms with Gasteiger partial charge in [-0.15, -0.1) is 10.2 Å². The number of benzene rings is 2. The summed E-state index contributed by atoms with van der Waals surface area (Å²) in [6, 6.07) is 19.1. The predicted molar refractivity (Wildman–Crippen MR) is 191 cm³/mol. The van der Waals surface area contributed by atoms with Crippen LogP contribution in [0.2, 0.25) is 5.02 Å². The van der Waals surface area contributed by atoms with Crippen molar-refractivity contribution in [2.24, 2.45) is 0 Å². The smallest absolute Gasteiger partial charge is 0.320 e. The second kappa shape index (κ2) is 13.4. The molecule has 2 amide bonds. The highest BCUT2D eigenvalue weighted by atomic mass is 35.5. The van der Waals surface area contributed by atoms with Crippen LogP contribution in [0.3, 0.4) is 0 Å². The van der Waals surface area contributed by atoms with Gasteiger partial charge in [-0.2, -0.15) is 5.10 Å². The Hall–Kier alpha value is -4.61. The molecular formula is C37H43ClN8O3. The average molecular weight is 683 g/mol. The minimum absolute atomic E-state index is 0.176. The highest BCUT2D eigenvalue weighted by Crippen LogP contribution is 2.39. The summed E-state index contributed by atoms with van der Waals surface area (Å²) in [6.45, 7) is 9.22. The molecule has 0 radical (unpaired) electrons. The van der Waals surface area contributed by atoms with Gasteiger partial charge in [0.1, 0.15) is 17.7 Å². The van der Waals surface area contributed by atoms with Gasteiger partial charge in [0.25, 0.3) is 0 Å². The maximum absolute atomic E-state index is 13.6. The SMILES string of the molecule is CC1CCCCN1c1nnc2ccc(O[C@@H]3CC[C@H](NC(=O)Nc4cc(C(C)(C)C)nn4-c4ccc(Cl)c(CO)c4)c4ccccc43)cn12. The number of fused-ring (bicyclic) bond motifs is 2. The predicted octanol–water partition coefficient (Wildman–Crippen LogP) is 7.51. The van der Waals surface area contributed by atoms with E-state index in [1.165, 1.54) is 6.42 Å². The molecule has 1 unspecified atom stereocenters. The second-order valence-corrected chi connectivity index (χ2v) is 14.5. The van der Waals surface area contributed by atoms with Crippen molar-refractivity contribution in [2.75, 3.05) is 16.8 Å². The van der Waals surface area contributed by atoms with Gasteiger partial charge >= 0.3 is 6.03 Å². The van der Waals surface area contributed by atoms with E-state index in [-0.39, 0.29) is 30.2 Å². The largest absolute Gasteiger partial charge is 0.484 e. The summed E-state index contributed by atoms with van der Waals surface area (Å²) in [4.78, 5) is 15.9. The number of aliphatic hydroxyl groups excluding tert-OH is 1. The van der Waals surface area contributed by atoms with Crippen molar-refractivity contribution in [1.82, 2.24) is 29.7 Å². The van der Waals surface area contributed by atoms with E-state index in [2.05, 4.69) is 65.6 Å². The third-order valence-electron chi connectivity index (χ3n) is 9.60. The van der Waals surface area contributed by atoms with Crippen molar-refractivity contribution >= 4 is 35.0 Å². The first-order valence-corrected chi connectivity index (χ1v) is 17.4. The molecule has 5 aromatic rings. The quantitative estimate of drug-likeness (QED) is 0.162. The number of hydrogen-bond acceptors (Lipinski definition) is 7. The van der Waals surface area contributed by atoms with Crippen LogP contribution < -0.4 is 20.3 Å². The van der Waals surface area contributed by atoms with Gasteiger partial charge in [-0.1, -0.05) is 56.6 Å². The average Bonchev–Trinajstić information content (AvgIpc) is 3.71. The number of hydrogen-bond donors (Lipinski definition) is 3. The summed E-state index contributed by atoms with van der Waals surface area (Å²) in [6.07, 6.45) is 6.77. The summed E-state index contributed by atoms with van der Waals surface area (Å²) in [5, 5.41) is 30.3. The number of aromatic nitrogens is 5. The van der Waals surface area contributed by atoms with Crippen molar-refractivity contribution in [1.29, 1.82) is 0 Å². The molecule has 0 bridgehead atoms. The number of carbonyl (C=O) groups is 1. The number of urea groups is 1. The molecule has 7 rings (SSSR count). The summed E-state index contributed by atoms with van der Waals surface area (Å²) in [5.74, 6) is 2.12. The molecule has 2 aliphatic rings. The molecule has 0 saturated carbocycles. The van der Waals surface area contributed by atoms with Crippen molar-refractivity contribution in [2.45, 2.75) is 90.0 Å². The van der Waals surface area contributed by atoms with Crippen LogP contribution >= 0.6 is 11.6 Å².